The van der Waals surface area contributed by atoms with Gasteiger partial charge < -0.3 is 19.1 Å². The van der Waals surface area contributed by atoms with Crippen molar-refractivity contribution in [2.75, 3.05) is 56.9 Å². The average molecular weight is 709 g/mol. The molecular weight excluding hydrogens is 656 g/mol. The van der Waals surface area contributed by atoms with Crippen molar-refractivity contribution in [1.82, 2.24) is 0 Å². The van der Waals surface area contributed by atoms with Crippen LogP contribution in [-0.2, 0) is 31.0 Å². The fraction of sp³-hybridized carbons (Fsp3) is 0.625. The van der Waals surface area contributed by atoms with Crippen molar-refractivity contribution in [3.05, 3.63) is 70.3 Å². The molecule has 1 amide bonds. The van der Waals surface area contributed by atoms with Crippen molar-refractivity contribution in [2.45, 2.75) is 76.2 Å². The summed E-state index contributed by atoms with van der Waals surface area (Å²) in [5.74, 6) is 3.49. The first-order valence-corrected chi connectivity index (χ1v) is 20.7. The Hall–Kier alpha value is -2.39. The molecule has 0 radical (unpaired) electrons. The monoisotopic (exact) mass is 708 g/mol. The fourth-order valence-corrected chi connectivity index (χ4v) is 11.7. The Morgan fingerprint density at radius 1 is 1.14 bits per heavy atom. The van der Waals surface area contributed by atoms with Crippen LogP contribution in [0.15, 0.2) is 52.9 Å². The molecule has 5 aliphatic rings. The molecule has 2 heterocycles. The summed E-state index contributed by atoms with van der Waals surface area (Å²) in [6.45, 7) is 5.13. The first-order chi connectivity index (χ1) is 23.7. The number of hydrogen-bond donors (Lipinski definition) is 0. The minimum absolute atomic E-state index is 0.0357. The number of ether oxygens (including phenoxy) is 3. The van der Waals surface area contributed by atoms with Crippen molar-refractivity contribution in [2.24, 2.45) is 34.0 Å². The van der Waals surface area contributed by atoms with Gasteiger partial charge in [-0.2, -0.15) is 4.36 Å². The Morgan fingerprint density at radius 2 is 2.02 bits per heavy atom. The van der Waals surface area contributed by atoms with E-state index in [4.69, 9.17) is 25.8 Å². The number of allylic oxidation sites excluding steroid dienone is 1. The summed E-state index contributed by atoms with van der Waals surface area (Å²) >= 11 is 6.47. The van der Waals surface area contributed by atoms with E-state index in [1.807, 2.05) is 31.4 Å². The minimum atomic E-state index is -2.77. The molecule has 0 unspecified atom stereocenters. The molecule has 1 spiro atoms. The summed E-state index contributed by atoms with van der Waals surface area (Å²) in [6, 6.07) is 12.1. The normalized spacial score (nSPS) is 34.9. The molecule has 266 valence electrons. The number of amides is 1. The van der Waals surface area contributed by atoms with Crippen LogP contribution in [0.2, 0.25) is 5.02 Å². The molecule has 2 aliphatic heterocycles. The van der Waals surface area contributed by atoms with Gasteiger partial charge in [-0.25, -0.2) is 4.21 Å². The molecule has 7 nitrogen and oxygen atoms in total. The van der Waals surface area contributed by atoms with Crippen molar-refractivity contribution in [3.8, 4) is 5.75 Å². The average Bonchev–Trinajstić information content (AvgIpc) is 3.83. The van der Waals surface area contributed by atoms with E-state index in [1.54, 1.807) is 7.11 Å². The molecule has 2 saturated carbocycles. The number of methoxy groups -OCH3 is 2. The maximum absolute atomic E-state index is 14.6. The molecular formula is C40H53ClN2O5S. The molecule has 0 aromatic heterocycles. The number of carbonyl (C=O) groups is 1. The summed E-state index contributed by atoms with van der Waals surface area (Å²) < 4.78 is 37.3. The van der Waals surface area contributed by atoms with E-state index in [0.29, 0.717) is 47.3 Å². The molecule has 7 rings (SSSR count). The third-order valence-corrected chi connectivity index (χ3v) is 14.8. The van der Waals surface area contributed by atoms with Crippen molar-refractivity contribution in [3.63, 3.8) is 0 Å². The van der Waals surface area contributed by atoms with Gasteiger partial charge in [0, 0.05) is 61.4 Å². The van der Waals surface area contributed by atoms with Gasteiger partial charge in [-0.1, -0.05) is 36.7 Å². The molecule has 8 atom stereocenters. The van der Waals surface area contributed by atoms with Gasteiger partial charge in [0.05, 0.1) is 28.1 Å². The number of aryl methyl sites for hydroxylation is 1. The lowest BCUT2D eigenvalue weighted by molar-refractivity contribution is 0.0131. The highest BCUT2D eigenvalue weighted by atomic mass is 35.5. The summed E-state index contributed by atoms with van der Waals surface area (Å²) in [6.07, 6.45) is 13.6. The number of hydrogen-bond acceptors (Lipinski definition) is 6. The van der Waals surface area contributed by atoms with Gasteiger partial charge in [-0.15, -0.1) is 0 Å². The maximum atomic E-state index is 14.6. The topological polar surface area (TPSA) is 77.4 Å². The number of rotatable bonds is 7. The smallest absolute Gasteiger partial charge is 0.285 e. The highest BCUT2D eigenvalue weighted by molar-refractivity contribution is 7.93. The molecule has 9 heteroatoms. The van der Waals surface area contributed by atoms with Crippen LogP contribution in [0.3, 0.4) is 0 Å². The van der Waals surface area contributed by atoms with Crippen molar-refractivity contribution < 1.29 is 23.2 Å². The zero-order chi connectivity index (χ0) is 34.2. The summed E-state index contributed by atoms with van der Waals surface area (Å²) in [7, 11) is 0.805. The number of carbonyl (C=O) groups excluding carboxylic acids is 1. The van der Waals surface area contributed by atoms with Gasteiger partial charge in [0.2, 0.25) is 0 Å². The fourth-order valence-electron chi connectivity index (χ4n) is 9.16. The van der Waals surface area contributed by atoms with Gasteiger partial charge in [-0.3, -0.25) is 4.79 Å². The van der Waals surface area contributed by atoms with Gasteiger partial charge in [0.25, 0.3) is 5.91 Å². The Morgan fingerprint density at radius 3 is 2.82 bits per heavy atom. The van der Waals surface area contributed by atoms with Crippen LogP contribution >= 0.6 is 11.6 Å². The third-order valence-electron chi connectivity index (χ3n) is 12.1. The molecule has 2 aromatic carbocycles. The van der Waals surface area contributed by atoms with Crippen LogP contribution in [-0.4, -0.2) is 68.2 Å². The molecule has 49 heavy (non-hydrogen) atoms. The SMILES string of the molecule is COC[C@H]1C[C@H]1CCC[S@@]1(=O)=NC(=O)c2ccc3c(c2)N(C[C@@H]2CC[C@H]2[C@@H](OC)/C=C/C[C@H](C)C1)C[C@@]1(CCCc2cc(Cl)ccc21)CO3. The van der Waals surface area contributed by atoms with E-state index < -0.39 is 9.73 Å². The lowest BCUT2D eigenvalue weighted by Gasteiger charge is -2.46. The minimum Gasteiger partial charge on any atom is -0.490 e. The van der Waals surface area contributed by atoms with Crippen molar-refractivity contribution >= 4 is 32.9 Å². The van der Waals surface area contributed by atoms with Crippen LogP contribution in [0.25, 0.3) is 0 Å². The quantitative estimate of drug-likeness (QED) is 0.271. The van der Waals surface area contributed by atoms with Crippen molar-refractivity contribution in [1.29, 1.82) is 0 Å². The van der Waals surface area contributed by atoms with E-state index in [-0.39, 0.29) is 23.3 Å². The third kappa shape index (κ3) is 7.63. The second-order valence-corrected chi connectivity index (χ2v) is 18.6. The molecule has 2 aromatic rings. The Labute approximate surface area is 298 Å². The number of halogens is 1. The van der Waals surface area contributed by atoms with Gasteiger partial charge in [0.1, 0.15) is 5.75 Å². The summed E-state index contributed by atoms with van der Waals surface area (Å²) in [5.41, 5.74) is 3.85. The van der Waals surface area contributed by atoms with E-state index in [2.05, 4.69) is 40.5 Å². The van der Waals surface area contributed by atoms with E-state index in [0.717, 1.165) is 87.5 Å². The van der Waals surface area contributed by atoms with E-state index >= 15 is 0 Å². The second-order valence-electron chi connectivity index (χ2n) is 15.7. The van der Waals surface area contributed by atoms with E-state index in [9.17, 15) is 9.00 Å². The van der Waals surface area contributed by atoms with Crippen LogP contribution in [0.5, 0.6) is 5.75 Å². The molecule has 3 aliphatic carbocycles. The predicted octanol–water partition coefficient (Wildman–Crippen LogP) is 8.12. The summed E-state index contributed by atoms with van der Waals surface area (Å²) in [4.78, 5) is 16.5. The Kier molecular flexibility index (Phi) is 10.5. The molecule has 2 fully saturated rings. The Bertz CT molecular complexity index is 1690. The molecule has 0 saturated heterocycles. The Balaban J connectivity index is 1.24. The highest BCUT2D eigenvalue weighted by Crippen LogP contribution is 2.47. The van der Waals surface area contributed by atoms with Crippen LogP contribution < -0.4 is 9.64 Å². The van der Waals surface area contributed by atoms with Crippen LogP contribution in [0, 0.1) is 29.6 Å². The number of nitrogens with zero attached hydrogens (tertiary/aromatic N) is 2. The van der Waals surface area contributed by atoms with Gasteiger partial charge >= 0.3 is 0 Å². The lowest BCUT2D eigenvalue weighted by Crippen LogP contribution is -2.49. The van der Waals surface area contributed by atoms with Crippen LogP contribution in [0.4, 0.5) is 5.69 Å². The standard InChI is InChI=1S/C40H53ClN2O5S/c1-27-7-4-10-37(47-3)34-14-11-31(34)22-43-25-40(17-5-8-29-20-33(41)13-15-35(29)40)26-48-38-16-12-30(21-36(38)43)39(44)42-49(45,24-27)18-6-9-28-19-32(28)23-46-2/h4,10,12-13,15-16,20-21,27-28,31-32,34,37H,5-9,11,14,17-19,22-26H2,1-3H3/b10-4+/t27-,28+,31-,32+,34+,37-,40-,49-/m0/s1. The first kappa shape index (κ1) is 35.0. The second kappa shape index (κ2) is 14.7. The molecule has 2 bridgehead atoms. The largest absolute Gasteiger partial charge is 0.490 e. The number of fused-ring (bicyclic) bond motifs is 4. The lowest BCUT2D eigenvalue weighted by atomic mass is 9.68. The maximum Gasteiger partial charge on any atom is 0.285 e. The zero-order valence-corrected chi connectivity index (χ0v) is 31.0. The number of benzene rings is 2. The van der Waals surface area contributed by atoms with Gasteiger partial charge in [0.15, 0.2) is 0 Å². The van der Waals surface area contributed by atoms with E-state index in [1.165, 1.54) is 17.5 Å². The predicted molar refractivity (Wildman–Crippen MR) is 197 cm³/mol. The first-order valence-electron chi connectivity index (χ1n) is 18.4. The zero-order valence-electron chi connectivity index (χ0n) is 29.4. The summed E-state index contributed by atoms with van der Waals surface area (Å²) in [5, 5.41) is 0.773. The van der Waals surface area contributed by atoms with Gasteiger partial charge in [-0.05, 0) is 129 Å². The number of anilines is 1. The highest BCUT2D eigenvalue weighted by Gasteiger charge is 2.44. The molecule has 0 N–H and O–H groups in total. The van der Waals surface area contributed by atoms with Crippen LogP contribution in [0.1, 0.15) is 79.8 Å².